The average Bonchev–Trinajstić information content (AvgIpc) is 3.46. The second-order valence-electron chi connectivity index (χ2n) is 16.9. The van der Waals surface area contributed by atoms with E-state index < -0.39 is 17.4 Å². The standard InChI is InChI=1S/C50H62O6/c1-11-49(10,12-2)35-15-18-38-40-26-34-25-33(9)39(34)30-44(40)50(43(38)29-35,36-16-19-45(55-23-21-31(5)6)41(27-36)47(51)53-13-3)37-17-20-46(56-24-22-32(7)8)42(28-37)48(52)54-14-4/h15-20,26-33H,11-14,21-25H2,1-10H3. The molecule has 0 aliphatic heterocycles. The lowest BCUT2D eigenvalue weighted by atomic mass is 9.65. The van der Waals surface area contributed by atoms with Gasteiger partial charge in [0.15, 0.2) is 0 Å². The van der Waals surface area contributed by atoms with Gasteiger partial charge in [0.1, 0.15) is 22.6 Å². The predicted octanol–water partition coefficient (Wildman–Crippen LogP) is 12.0. The number of fused-ring (bicyclic) bond motifs is 4. The number of carbonyl (C=O) groups is 2. The van der Waals surface area contributed by atoms with Crippen molar-refractivity contribution in [3.63, 3.8) is 0 Å². The Morgan fingerprint density at radius 3 is 1.68 bits per heavy atom. The van der Waals surface area contributed by atoms with Crippen molar-refractivity contribution in [3.8, 4) is 22.6 Å². The average molecular weight is 759 g/mol. The van der Waals surface area contributed by atoms with Crippen molar-refractivity contribution in [2.75, 3.05) is 26.4 Å². The van der Waals surface area contributed by atoms with Crippen LogP contribution in [0.3, 0.4) is 0 Å². The van der Waals surface area contributed by atoms with Gasteiger partial charge in [-0.25, -0.2) is 9.59 Å². The molecule has 4 aromatic carbocycles. The molecule has 2 aliphatic rings. The van der Waals surface area contributed by atoms with Gasteiger partial charge in [0.2, 0.25) is 0 Å². The highest BCUT2D eigenvalue weighted by molar-refractivity contribution is 5.96. The van der Waals surface area contributed by atoms with Crippen LogP contribution in [0.5, 0.6) is 11.5 Å². The molecule has 0 aromatic heterocycles. The van der Waals surface area contributed by atoms with Crippen LogP contribution in [-0.4, -0.2) is 38.4 Å². The highest BCUT2D eigenvalue weighted by Crippen LogP contribution is 2.59. The number of benzene rings is 4. The second kappa shape index (κ2) is 16.9. The zero-order valence-corrected chi connectivity index (χ0v) is 35.4. The number of hydrogen-bond donors (Lipinski definition) is 0. The summed E-state index contributed by atoms with van der Waals surface area (Å²) in [7, 11) is 0. The SMILES string of the molecule is CCOC(=O)c1cc(C2(c3ccc(OCCC(C)C)c(C(=O)OCC)c3)c3cc(C(C)(CC)CC)ccc3-c3cc4c(cc32)C(C)C4)ccc1OCCC(C)C. The molecule has 0 N–H and O–H groups in total. The number of carbonyl (C=O) groups excluding carboxylic acids is 2. The molecule has 298 valence electrons. The zero-order chi connectivity index (χ0) is 40.4. The Morgan fingerprint density at radius 2 is 1.21 bits per heavy atom. The van der Waals surface area contributed by atoms with Crippen molar-refractivity contribution >= 4 is 11.9 Å². The Hall–Kier alpha value is -4.58. The smallest absolute Gasteiger partial charge is 0.341 e. The van der Waals surface area contributed by atoms with Gasteiger partial charge in [0.25, 0.3) is 0 Å². The largest absolute Gasteiger partial charge is 0.493 e. The van der Waals surface area contributed by atoms with E-state index >= 15 is 0 Å². The minimum Gasteiger partial charge on any atom is -0.493 e. The summed E-state index contributed by atoms with van der Waals surface area (Å²) in [4.78, 5) is 27.8. The number of ether oxygens (including phenoxy) is 4. The lowest BCUT2D eigenvalue weighted by Crippen LogP contribution is -2.31. The summed E-state index contributed by atoms with van der Waals surface area (Å²) >= 11 is 0. The van der Waals surface area contributed by atoms with E-state index in [9.17, 15) is 9.59 Å². The third kappa shape index (κ3) is 7.48. The van der Waals surface area contributed by atoms with Crippen molar-refractivity contribution in [2.45, 2.75) is 118 Å². The van der Waals surface area contributed by atoms with Crippen molar-refractivity contribution in [3.05, 3.63) is 117 Å². The Morgan fingerprint density at radius 1 is 0.696 bits per heavy atom. The Kier molecular flexibility index (Phi) is 12.4. The predicted molar refractivity (Wildman–Crippen MR) is 226 cm³/mol. The molecule has 0 fully saturated rings. The molecule has 6 nitrogen and oxygen atoms in total. The van der Waals surface area contributed by atoms with Crippen LogP contribution >= 0.6 is 0 Å². The molecular weight excluding hydrogens is 697 g/mol. The van der Waals surface area contributed by atoms with E-state index in [0.717, 1.165) is 59.9 Å². The molecule has 4 aromatic rings. The molecule has 6 heteroatoms. The Balaban J connectivity index is 1.71. The molecule has 0 spiro atoms. The second-order valence-corrected chi connectivity index (χ2v) is 16.9. The third-order valence-electron chi connectivity index (χ3n) is 12.4. The quantitative estimate of drug-likeness (QED) is 0.0880. The fraction of sp³-hybridized carbons (Fsp3) is 0.480. The molecule has 1 atom stereocenters. The topological polar surface area (TPSA) is 71.1 Å². The van der Waals surface area contributed by atoms with Gasteiger partial charge in [-0.1, -0.05) is 97.9 Å². The molecule has 56 heavy (non-hydrogen) atoms. The van der Waals surface area contributed by atoms with E-state index in [2.05, 4.69) is 97.9 Å². The van der Waals surface area contributed by atoms with Crippen molar-refractivity contribution in [1.82, 2.24) is 0 Å². The van der Waals surface area contributed by atoms with Crippen molar-refractivity contribution in [1.29, 1.82) is 0 Å². The number of rotatable bonds is 17. The number of hydrogen-bond acceptors (Lipinski definition) is 6. The van der Waals surface area contributed by atoms with Gasteiger partial charge < -0.3 is 18.9 Å². The summed E-state index contributed by atoms with van der Waals surface area (Å²) in [5, 5.41) is 0. The zero-order valence-electron chi connectivity index (χ0n) is 35.4. The van der Waals surface area contributed by atoms with E-state index in [0.29, 0.717) is 53.6 Å². The van der Waals surface area contributed by atoms with Crippen LogP contribution in [0.15, 0.2) is 66.7 Å². The summed E-state index contributed by atoms with van der Waals surface area (Å²) in [6.45, 7) is 22.9. The monoisotopic (exact) mass is 758 g/mol. The first-order chi connectivity index (χ1) is 26.8. The summed E-state index contributed by atoms with van der Waals surface area (Å²) in [6.07, 6.45) is 4.72. The summed E-state index contributed by atoms with van der Waals surface area (Å²) < 4.78 is 24.0. The third-order valence-corrected chi connectivity index (χ3v) is 12.4. The Labute approximate surface area is 335 Å². The van der Waals surface area contributed by atoms with Gasteiger partial charge >= 0.3 is 11.9 Å². The minimum absolute atomic E-state index is 0.0528. The van der Waals surface area contributed by atoms with Gasteiger partial charge in [-0.3, -0.25) is 0 Å². The van der Waals surface area contributed by atoms with E-state index in [1.165, 1.54) is 22.3 Å². The van der Waals surface area contributed by atoms with E-state index in [1.807, 2.05) is 38.1 Å². The molecule has 0 bridgehead atoms. The van der Waals surface area contributed by atoms with Crippen LogP contribution in [0.25, 0.3) is 11.1 Å². The van der Waals surface area contributed by atoms with E-state index in [4.69, 9.17) is 18.9 Å². The fourth-order valence-corrected chi connectivity index (χ4v) is 8.52. The van der Waals surface area contributed by atoms with Gasteiger partial charge in [-0.2, -0.15) is 0 Å². The van der Waals surface area contributed by atoms with Gasteiger partial charge in [0.05, 0.1) is 31.8 Å². The van der Waals surface area contributed by atoms with Gasteiger partial charge in [0, 0.05) is 0 Å². The minimum atomic E-state index is -0.914. The molecule has 1 unspecified atom stereocenters. The fourth-order valence-electron chi connectivity index (χ4n) is 8.52. The first-order valence-corrected chi connectivity index (χ1v) is 21.0. The Bertz CT molecular complexity index is 1990. The molecular formula is C50H62O6. The van der Waals surface area contributed by atoms with Crippen molar-refractivity contribution < 1.29 is 28.5 Å². The summed E-state index contributed by atoms with van der Waals surface area (Å²) in [5.41, 5.74) is 10.2. The van der Waals surface area contributed by atoms with Gasteiger partial charge in [-0.05, 0) is 143 Å². The van der Waals surface area contributed by atoms with E-state index in [1.54, 1.807) is 0 Å². The summed E-state index contributed by atoms with van der Waals surface area (Å²) in [5.74, 6) is 1.49. The first-order valence-electron chi connectivity index (χ1n) is 21.0. The lowest BCUT2D eigenvalue weighted by Gasteiger charge is -2.37. The van der Waals surface area contributed by atoms with Crippen LogP contribution in [0.4, 0.5) is 0 Å². The molecule has 0 saturated heterocycles. The van der Waals surface area contributed by atoms with Crippen molar-refractivity contribution in [2.24, 2.45) is 11.8 Å². The van der Waals surface area contributed by atoms with Gasteiger partial charge in [-0.15, -0.1) is 0 Å². The van der Waals surface area contributed by atoms with Crippen LogP contribution in [0, 0.1) is 11.8 Å². The molecule has 0 radical (unpaired) electrons. The molecule has 2 aliphatic carbocycles. The highest BCUT2D eigenvalue weighted by Gasteiger charge is 2.49. The first kappa shape index (κ1) is 41.1. The maximum absolute atomic E-state index is 13.9. The highest BCUT2D eigenvalue weighted by atomic mass is 16.5. The molecule has 0 amide bonds. The van der Waals surface area contributed by atoms with Crippen LogP contribution in [0.1, 0.15) is 160 Å². The van der Waals surface area contributed by atoms with Crippen LogP contribution in [-0.2, 0) is 26.7 Å². The molecule has 0 heterocycles. The maximum Gasteiger partial charge on any atom is 0.341 e. The van der Waals surface area contributed by atoms with Crippen LogP contribution < -0.4 is 9.47 Å². The normalized spacial score (nSPS) is 15.2. The maximum atomic E-state index is 13.9. The molecule has 6 rings (SSSR count). The summed E-state index contributed by atoms with van der Waals surface area (Å²) in [6, 6.07) is 23.8. The lowest BCUT2D eigenvalue weighted by molar-refractivity contribution is 0.0511. The molecule has 0 saturated carbocycles. The van der Waals surface area contributed by atoms with Crippen LogP contribution in [0.2, 0.25) is 0 Å². The number of esters is 2. The van der Waals surface area contributed by atoms with E-state index in [-0.39, 0.29) is 18.6 Å².